The van der Waals surface area contributed by atoms with Crippen molar-refractivity contribution in [2.75, 3.05) is 18.1 Å². The Bertz CT molecular complexity index is 868. The van der Waals surface area contributed by atoms with Gasteiger partial charge in [-0.3, -0.25) is 4.31 Å². The smallest absolute Gasteiger partial charge is 0.433 e. The van der Waals surface area contributed by atoms with Gasteiger partial charge in [-0.25, -0.2) is 9.78 Å². The molecule has 2 amide bonds. The molecule has 0 aliphatic heterocycles. The first-order valence-corrected chi connectivity index (χ1v) is 9.30. The summed E-state index contributed by atoms with van der Waals surface area (Å²) in [5.74, 6) is -0.936. The lowest BCUT2D eigenvalue weighted by atomic mass is 10.2. The second-order valence-corrected chi connectivity index (χ2v) is 6.47. The second kappa shape index (κ2) is 9.28. The number of pyridine rings is 1. The van der Waals surface area contributed by atoms with Crippen LogP contribution >= 0.6 is 11.9 Å². The van der Waals surface area contributed by atoms with Gasteiger partial charge in [-0.1, -0.05) is 6.08 Å². The van der Waals surface area contributed by atoms with Crippen molar-refractivity contribution in [2.24, 2.45) is 0 Å². The Hall–Kier alpha value is -2.89. The number of amides is 2. The number of urea groups is 1. The highest BCUT2D eigenvalue weighted by molar-refractivity contribution is 7.96. The predicted molar refractivity (Wildman–Crippen MR) is 100 cm³/mol. The van der Waals surface area contributed by atoms with E-state index >= 15 is 0 Å². The van der Waals surface area contributed by atoms with Crippen molar-refractivity contribution in [3.8, 4) is 11.6 Å². The van der Waals surface area contributed by atoms with Crippen molar-refractivity contribution >= 4 is 23.7 Å². The number of nitrogens with one attached hydrogen (secondary N) is 1. The zero-order chi connectivity index (χ0) is 22.5. The molecule has 12 heteroatoms. The van der Waals surface area contributed by atoms with Crippen LogP contribution in [-0.4, -0.2) is 28.1 Å². The van der Waals surface area contributed by atoms with E-state index in [-0.39, 0.29) is 18.4 Å². The Kier molecular flexibility index (Phi) is 7.24. The van der Waals surface area contributed by atoms with Crippen LogP contribution in [0.5, 0.6) is 11.6 Å². The average molecular weight is 451 g/mol. The normalized spacial score (nSPS) is 11.7. The van der Waals surface area contributed by atoms with Crippen LogP contribution in [0.3, 0.4) is 0 Å². The predicted octanol–water partition coefficient (Wildman–Crippen LogP) is 6.21. The molecule has 162 valence electrons. The number of benzene rings is 1. The van der Waals surface area contributed by atoms with Crippen molar-refractivity contribution in [2.45, 2.75) is 12.4 Å². The Morgan fingerprint density at radius 3 is 2.30 bits per heavy atom. The highest BCUT2D eigenvalue weighted by Gasteiger charge is 2.38. The summed E-state index contributed by atoms with van der Waals surface area (Å²) in [5.41, 5.74) is -2.93. The van der Waals surface area contributed by atoms with E-state index in [1.807, 2.05) is 0 Å². The number of rotatable bonds is 6. The fourth-order valence-electron chi connectivity index (χ4n) is 2.14. The summed E-state index contributed by atoms with van der Waals surface area (Å²) in [6.07, 6.45) is -6.87. The molecule has 0 bridgehead atoms. The van der Waals surface area contributed by atoms with E-state index < -0.39 is 35.5 Å². The van der Waals surface area contributed by atoms with Crippen molar-refractivity contribution < 1.29 is 35.9 Å². The van der Waals surface area contributed by atoms with Crippen LogP contribution in [0.15, 0.2) is 49.1 Å². The van der Waals surface area contributed by atoms with Crippen LogP contribution in [0.2, 0.25) is 0 Å². The maximum Gasteiger partial charge on any atom is 0.433 e. The summed E-state index contributed by atoms with van der Waals surface area (Å²) in [7, 11) is 0. The molecule has 30 heavy (non-hydrogen) atoms. The molecule has 0 atom stereocenters. The number of ether oxygens (including phenoxy) is 1. The van der Waals surface area contributed by atoms with Gasteiger partial charge in [-0.05, 0) is 42.3 Å². The van der Waals surface area contributed by atoms with Crippen LogP contribution < -0.4 is 10.1 Å². The maximum atomic E-state index is 12.9. The number of nitrogens with zero attached hydrogens (tertiary/aromatic N) is 2. The van der Waals surface area contributed by atoms with Crippen LogP contribution in [0.25, 0.3) is 0 Å². The Balaban J connectivity index is 2.20. The Morgan fingerprint density at radius 1 is 1.17 bits per heavy atom. The van der Waals surface area contributed by atoms with Gasteiger partial charge < -0.3 is 10.1 Å². The third kappa shape index (κ3) is 6.31. The molecule has 0 aliphatic rings. The average Bonchev–Trinajstić information content (AvgIpc) is 2.66. The fourth-order valence-corrected chi connectivity index (χ4v) is 2.60. The Morgan fingerprint density at radius 2 is 1.80 bits per heavy atom. The number of hydrogen-bond donors (Lipinski definition) is 1. The number of anilines is 1. The van der Waals surface area contributed by atoms with Gasteiger partial charge in [0.1, 0.15) is 11.4 Å². The number of halogens is 6. The lowest BCUT2D eigenvalue weighted by Gasteiger charge is -2.18. The maximum absolute atomic E-state index is 12.9. The quantitative estimate of drug-likeness (QED) is 0.322. The lowest BCUT2D eigenvalue weighted by molar-refractivity contribution is -0.145. The summed E-state index contributed by atoms with van der Waals surface area (Å²) >= 11 is 1.17. The molecule has 0 spiro atoms. The SMILES string of the molecule is C=CCN(SC)C(=O)Nc1ccc(Oc2cc(C(F)(F)F)cc(C(F)(F)F)n2)cc1. The summed E-state index contributed by atoms with van der Waals surface area (Å²) < 4.78 is 83.7. The lowest BCUT2D eigenvalue weighted by Crippen LogP contribution is -2.29. The first-order chi connectivity index (χ1) is 13.9. The first kappa shape index (κ1) is 23.4. The molecule has 0 saturated carbocycles. The van der Waals surface area contributed by atoms with Gasteiger partial charge >= 0.3 is 18.4 Å². The number of carbonyl (C=O) groups is 1. The minimum atomic E-state index is -5.08. The third-order valence-electron chi connectivity index (χ3n) is 3.49. The van der Waals surface area contributed by atoms with Gasteiger partial charge in [-0.2, -0.15) is 26.3 Å². The number of aromatic nitrogens is 1. The standard InChI is InChI=1S/C18H15F6N3O2S/c1-3-8-27(30-2)16(28)25-12-4-6-13(7-5-12)29-15-10-11(17(19,20)21)9-14(26-15)18(22,23)24/h3-7,9-10H,1,8H2,2H3,(H,25,28). The van der Waals surface area contributed by atoms with Crippen LogP contribution in [0.4, 0.5) is 36.8 Å². The van der Waals surface area contributed by atoms with E-state index in [0.29, 0.717) is 11.8 Å². The minimum Gasteiger partial charge on any atom is -0.439 e. The van der Waals surface area contributed by atoms with E-state index in [1.54, 1.807) is 6.26 Å². The summed E-state index contributed by atoms with van der Waals surface area (Å²) in [4.78, 5) is 15.2. The molecule has 1 heterocycles. The van der Waals surface area contributed by atoms with E-state index in [9.17, 15) is 31.1 Å². The zero-order valence-corrected chi connectivity index (χ0v) is 16.2. The van der Waals surface area contributed by atoms with Crippen molar-refractivity contribution in [1.82, 2.24) is 9.29 Å². The van der Waals surface area contributed by atoms with E-state index in [4.69, 9.17) is 4.74 Å². The molecular weight excluding hydrogens is 436 g/mol. The molecule has 2 aromatic rings. The molecule has 0 unspecified atom stereocenters. The van der Waals surface area contributed by atoms with Crippen molar-refractivity contribution in [1.29, 1.82) is 0 Å². The Labute approximate surface area is 171 Å². The summed E-state index contributed by atoms with van der Waals surface area (Å²) in [6.45, 7) is 3.82. The molecule has 0 radical (unpaired) electrons. The number of alkyl halides is 6. The highest BCUT2D eigenvalue weighted by atomic mass is 32.2. The van der Waals surface area contributed by atoms with Gasteiger partial charge in [0.15, 0.2) is 0 Å². The molecular formula is C18H15F6N3O2S. The molecule has 0 aliphatic carbocycles. The summed E-state index contributed by atoms with van der Waals surface area (Å²) in [6, 6.07) is 5.12. The zero-order valence-electron chi connectivity index (χ0n) is 15.3. The van der Waals surface area contributed by atoms with Gasteiger partial charge in [0.25, 0.3) is 0 Å². The van der Waals surface area contributed by atoms with Crippen LogP contribution in [0.1, 0.15) is 11.3 Å². The first-order valence-electron chi connectivity index (χ1n) is 8.12. The van der Waals surface area contributed by atoms with Gasteiger partial charge in [0.05, 0.1) is 12.1 Å². The monoisotopic (exact) mass is 451 g/mol. The fraction of sp³-hybridized carbons (Fsp3) is 0.222. The molecule has 0 saturated heterocycles. The van der Waals surface area contributed by atoms with Gasteiger partial charge in [-0.15, -0.1) is 6.58 Å². The highest BCUT2D eigenvalue weighted by Crippen LogP contribution is 2.37. The molecule has 2 rings (SSSR count). The minimum absolute atomic E-state index is 0.0687. The molecule has 1 N–H and O–H groups in total. The topological polar surface area (TPSA) is 54.5 Å². The second-order valence-electron chi connectivity index (χ2n) is 5.66. The number of carbonyl (C=O) groups excluding carboxylic acids is 1. The van der Waals surface area contributed by atoms with Gasteiger partial charge in [0, 0.05) is 18.0 Å². The largest absolute Gasteiger partial charge is 0.439 e. The third-order valence-corrected chi connectivity index (χ3v) is 4.25. The molecule has 5 nitrogen and oxygen atoms in total. The van der Waals surface area contributed by atoms with Gasteiger partial charge in [0.2, 0.25) is 5.88 Å². The molecule has 1 aromatic heterocycles. The number of hydrogen-bond acceptors (Lipinski definition) is 4. The molecule has 1 aromatic carbocycles. The van der Waals surface area contributed by atoms with Crippen LogP contribution in [-0.2, 0) is 12.4 Å². The summed E-state index contributed by atoms with van der Waals surface area (Å²) in [5, 5.41) is 2.58. The molecule has 0 fully saturated rings. The van der Waals surface area contributed by atoms with E-state index in [1.165, 1.54) is 46.6 Å². The van der Waals surface area contributed by atoms with Crippen molar-refractivity contribution in [3.63, 3.8) is 0 Å². The van der Waals surface area contributed by atoms with E-state index in [2.05, 4.69) is 16.9 Å². The van der Waals surface area contributed by atoms with E-state index in [0.717, 1.165) is 0 Å². The van der Waals surface area contributed by atoms with Crippen LogP contribution in [0, 0.1) is 0 Å². The van der Waals surface area contributed by atoms with Crippen molar-refractivity contribution in [3.05, 3.63) is 60.3 Å².